The molecule has 0 radical (unpaired) electrons. The average molecular weight is 988 g/mol. The molecule has 2 heterocycles. The molecule has 5 aromatic rings. The van der Waals surface area contributed by atoms with Crippen molar-refractivity contribution in [2.24, 2.45) is 5.92 Å². The van der Waals surface area contributed by atoms with Crippen LogP contribution in [0.2, 0.25) is 0 Å². The van der Waals surface area contributed by atoms with Crippen LogP contribution in [-0.4, -0.2) is 106 Å². The molecule has 0 aromatic heterocycles. The van der Waals surface area contributed by atoms with E-state index in [0.717, 1.165) is 22.3 Å². The largest absolute Gasteiger partial charge is 0.497 e. The average Bonchev–Trinajstić information content (AvgIpc) is 4.00. The van der Waals surface area contributed by atoms with E-state index in [1.54, 1.807) is 79.2 Å². The zero-order valence-corrected chi connectivity index (χ0v) is 42.1. The SMILES string of the molecule is COc1ccc(C(OCC[C@@]2(NC(=O)OC(C)(C)C)[C@@H]([C@H]3COC(C)(C)O3)[C@@H](OC(C)=O)[C@]3(COC(=O)c4ccccc4)O[C@@H]3[C@H]2OCOCc2ccccc2)(c2ccccc2)c2ccc(OC)cc2)cc1. The van der Waals surface area contributed by atoms with Gasteiger partial charge >= 0.3 is 18.0 Å². The lowest BCUT2D eigenvalue weighted by Crippen LogP contribution is -2.75. The fourth-order valence-electron chi connectivity index (χ4n) is 10.1. The monoisotopic (exact) mass is 987 g/mol. The maximum absolute atomic E-state index is 14.8. The van der Waals surface area contributed by atoms with Crippen LogP contribution in [0.15, 0.2) is 140 Å². The van der Waals surface area contributed by atoms with Crippen molar-refractivity contribution in [1.29, 1.82) is 0 Å². The second kappa shape index (κ2) is 21.8. The molecule has 1 aliphatic carbocycles. The fraction of sp³-hybridized carbons (Fsp3) is 0.421. The van der Waals surface area contributed by atoms with E-state index in [9.17, 15) is 14.4 Å². The summed E-state index contributed by atoms with van der Waals surface area (Å²) in [5, 5.41) is 3.29. The van der Waals surface area contributed by atoms with Crippen molar-refractivity contribution in [3.05, 3.63) is 167 Å². The number of benzene rings is 5. The van der Waals surface area contributed by atoms with E-state index in [-0.39, 0.29) is 39.6 Å². The predicted molar refractivity (Wildman–Crippen MR) is 264 cm³/mol. The Labute approximate surface area is 421 Å². The lowest BCUT2D eigenvalue weighted by molar-refractivity contribution is -0.207. The van der Waals surface area contributed by atoms with Gasteiger partial charge in [0.1, 0.15) is 54.4 Å². The molecule has 8 rings (SSSR count). The number of nitrogens with one attached hydrogen (secondary N) is 1. The van der Waals surface area contributed by atoms with Gasteiger partial charge in [-0.15, -0.1) is 0 Å². The molecule has 2 aliphatic heterocycles. The molecule has 3 fully saturated rings. The molecule has 1 N–H and O–H groups in total. The molecule has 5 aromatic carbocycles. The Hall–Kier alpha value is -6.33. The van der Waals surface area contributed by atoms with Gasteiger partial charge in [-0.05, 0) is 99.7 Å². The standard InChI is InChI=1S/C57H65NO14/c1-38(59)69-48-47(46-35-68-54(5,6)70-46)55(58-52(61)72-53(2,3)4,49(66-37-64-34-39-18-12-9-13-19-39)50-56(48,71-50)36-65-51(60)40-20-14-10-15-21-40)32-33-67-57(41-22-16-11-17-23-41,42-24-28-44(62-7)29-25-42)43-26-30-45(63-8)31-27-43/h9-31,46-50H,32-37H2,1-8H3,(H,58,61)/t46-,47+,48-,49-,50-,55-,56+/m1/s1. The van der Waals surface area contributed by atoms with Crippen molar-refractivity contribution in [2.45, 2.75) is 107 Å². The van der Waals surface area contributed by atoms with Crippen LogP contribution in [0.5, 0.6) is 11.5 Å². The van der Waals surface area contributed by atoms with E-state index in [1.807, 2.05) is 109 Å². The Kier molecular flexibility index (Phi) is 15.7. The molecule has 2 saturated heterocycles. The molecule has 3 aliphatic rings. The molecule has 15 nitrogen and oxygen atoms in total. The number of hydrogen-bond acceptors (Lipinski definition) is 14. The third-order valence-corrected chi connectivity index (χ3v) is 13.3. The number of esters is 2. The first-order valence-corrected chi connectivity index (χ1v) is 24.1. The van der Waals surface area contributed by atoms with E-state index in [1.165, 1.54) is 6.92 Å². The van der Waals surface area contributed by atoms with Crippen LogP contribution in [0.4, 0.5) is 4.79 Å². The molecule has 7 atom stereocenters. The van der Waals surface area contributed by atoms with Gasteiger partial charge < -0.3 is 57.4 Å². The Morgan fingerprint density at radius 3 is 1.83 bits per heavy atom. The number of rotatable bonds is 20. The quantitative estimate of drug-likeness (QED) is 0.0196. The number of alkyl carbamates (subject to hydrolysis) is 1. The number of ether oxygens (including phenoxy) is 11. The predicted octanol–water partition coefficient (Wildman–Crippen LogP) is 8.93. The summed E-state index contributed by atoms with van der Waals surface area (Å²) in [6.45, 7) is 9.62. The molecular formula is C57H65NO14. The maximum Gasteiger partial charge on any atom is 0.408 e. The number of methoxy groups -OCH3 is 2. The van der Waals surface area contributed by atoms with Crippen molar-refractivity contribution in [1.82, 2.24) is 5.32 Å². The van der Waals surface area contributed by atoms with Gasteiger partial charge in [-0.25, -0.2) is 9.59 Å². The van der Waals surface area contributed by atoms with Gasteiger partial charge in [0.2, 0.25) is 0 Å². The van der Waals surface area contributed by atoms with Crippen LogP contribution >= 0.6 is 0 Å². The van der Waals surface area contributed by atoms with Crippen LogP contribution in [-0.2, 0) is 59.6 Å². The van der Waals surface area contributed by atoms with Gasteiger partial charge in [-0.1, -0.05) is 103 Å². The van der Waals surface area contributed by atoms with Crippen molar-refractivity contribution >= 4 is 18.0 Å². The summed E-state index contributed by atoms with van der Waals surface area (Å²) in [4.78, 5) is 42.0. The number of carbonyl (C=O) groups excluding carboxylic acids is 3. The van der Waals surface area contributed by atoms with Crippen molar-refractivity contribution < 1.29 is 66.5 Å². The minimum absolute atomic E-state index is 0.00145. The first kappa shape index (κ1) is 52.0. The Balaban J connectivity index is 1.29. The summed E-state index contributed by atoms with van der Waals surface area (Å²) in [6, 6.07) is 43.3. The number of epoxide rings is 1. The number of amides is 1. The summed E-state index contributed by atoms with van der Waals surface area (Å²) in [5.74, 6) is -2.14. The molecule has 1 amide bonds. The van der Waals surface area contributed by atoms with Crippen molar-refractivity contribution in [3.63, 3.8) is 0 Å². The highest BCUT2D eigenvalue weighted by Crippen LogP contribution is 2.59. The molecular weight excluding hydrogens is 923 g/mol. The zero-order valence-electron chi connectivity index (χ0n) is 42.1. The molecule has 72 heavy (non-hydrogen) atoms. The summed E-state index contributed by atoms with van der Waals surface area (Å²) in [6.07, 6.45) is -5.07. The van der Waals surface area contributed by atoms with E-state index >= 15 is 0 Å². The first-order valence-electron chi connectivity index (χ1n) is 24.1. The highest BCUT2D eigenvalue weighted by molar-refractivity contribution is 5.89. The van der Waals surface area contributed by atoms with Gasteiger partial charge in [0.15, 0.2) is 11.4 Å². The molecule has 1 saturated carbocycles. The fourth-order valence-corrected chi connectivity index (χ4v) is 10.1. The van der Waals surface area contributed by atoms with E-state index in [4.69, 9.17) is 52.1 Å². The minimum atomic E-state index is -1.65. The zero-order chi connectivity index (χ0) is 51.2. The molecule has 0 unspecified atom stereocenters. The highest BCUT2D eigenvalue weighted by Gasteiger charge is 2.80. The summed E-state index contributed by atoms with van der Waals surface area (Å²) >= 11 is 0. The second-order valence-corrected chi connectivity index (χ2v) is 19.7. The van der Waals surface area contributed by atoms with Gasteiger partial charge in [0, 0.05) is 6.92 Å². The lowest BCUT2D eigenvalue weighted by atomic mass is 9.61. The second-order valence-electron chi connectivity index (χ2n) is 19.7. The summed E-state index contributed by atoms with van der Waals surface area (Å²) in [7, 11) is 3.22. The van der Waals surface area contributed by atoms with Crippen molar-refractivity contribution in [2.75, 3.05) is 40.8 Å². The Morgan fingerprint density at radius 2 is 1.29 bits per heavy atom. The lowest BCUT2D eigenvalue weighted by Gasteiger charge is -2.53. The van der Waals surface area contributed by atoms with Crippen LogP contribution in [0.3, 0.4) is 0 Å². The highest BCUT2D eigenvalue weighted by atomic mass is 16.7. The van der Waals surface area contributed by atoms with Gasteiger partial charge in [0.25, 0.3) is 0 Å². The van der Waals surface area contributed by atoms with Crippen molar-refractivity contribution in [3.8, 4) is 11.5 Å². The number of carbonyl (C=O) groups is 3. The van der Waals surface area contributed by atoms with Crippen LogP contribution in [0, 0.1) is 5.92 Å². The van der Waals surface area contributed by atoms with Crippen LogP contribution in [0.1, 0.15) is 80.6 Å². The maximum atomic E-state index is 14.8. The van der Waals surface area contributed by atoms with E-state index in [0.29, 0.717) is 17.1 Å². The van der Waals surface area contributed by atoms with Gasteiger partial charge in [0.05, 0.1) is 57.2 Å². The van der Waals surface area contributed by atoms with Crippen LogP contribution < -0.4 is 14.8 Å². The van der Waals surface area contributed by atoms with Crippen LogP contribution in [0.25, 0.3) is 0 Å². The number of hydrogen-bond donors (Lipinski definition) is 1. The first-order chi connectivity index (χ1) is 34.5. The topological polar surface area (TPSA) is 168 Å². The Morgan fingerprint density at radius 1 is 0.722 bits per heavy atom. The third kappa shape index (κ3) is 11.3. The molecule has 15 heteroatoms. The summed E-state index contributed by atoms with van der Waals surface area (Å²) < 4.78 is 70.2. The van der Waals surface area contributed by atoms with Gasteiger partial charge in [-0.2, -0.15) is 0 Å². The Bertz CT molecular complexity index is 2540. The third-order valence-electron chi connectivity index (χ3n) is 13.3. The smallest absolute Gasteiger partial charge is 0.408 e. The van der Waals surface area contributed by atoms with E-state index < -0.39 is 76.5 Å². The molecule has 0 spiro atoms. The van der Waals surface area contributed by atoms with E-state index in [2.05, 4.69) is 5.32 Å². The number of fused-ring (bicyclic) bond motifs is 1. The van der Waals surface area contributed by atoms with Gasteiger partial charge in [-0.3, -0.25) is 4.79 Å². The molecule has 382 valence electrons. The summed E-state index contributed by atoms with van der Waals surface area (Å²) in [5.41, 5.74) is -1.84. The minimum Gasteiger partial charge on any atom is -0.497 e. The normalized spacial score (nSPS) is 24.3. The molecule has 0 bridgehead atoms.